The molecule has 0 saturated heterocycles. The van der Waals surface area contributed by atoms with Crippen LogP contribution in [0.5, 0.6) is 0 Å². The highest BCUT2D eigenvalue weighted by Crippen LogP contribution is 2.53. The quantitative estimate of drug-likeness (QED) is 0.504. The Bertz CT molecular complexity index is 1210. The van der Waals surface area contributed by atoms with Crippen molar-refractivity contribution in [2.75, 3.05) is 24.2 Å². The predicted octanol–water partition coefficient (Wildman–Crippen LogP) is 5.33. The second kappa shape index (κ2) is 9.56. The normalized spacial score (nSPS) is 17.0. The molecular weight excluding hydrogens is 517 g/mol. The zero-order chi connectivity index (χ0) is 27.1. The minimum atomic E-state index is -6.21. The molecule has 1 aliphatic rings. The molecule has 1 aliphatic heterocycles. The van der Waals surface area contributed by atoms with E-state index in [9.17, 15) is 43.9 Å². The number of carbonyl (C=O) groups excluding carboxylic acids is 1. The highest BCUT2D eigenvalue weighted by atomic mass is 32.2. The molecule has 5 nitrogen and oxygen atoms in total. The van der Waals surface area contributed by atoms with Gasteiger partial charge in [0.1, 0.15) is 0 Å². The van der Waals surface area contributed by atoms with Gasteiger partial charge in [-0.1, -0.05) is 25.1 Å². The van der Waals surface area contributed by atoms with Gasteiger partial charge >= 0.3 is 18.0 Å². The number of anilines is 1. The number of benzene rings is 2. The van der Waals surface area contributed by atoms with Crippen LogP contribution < -0.4 is 5.32 Å². The molecule has 198 valence electrons. The summed E-state index contributed by atoms with van der Waals surface area (Å²) in [5.41, 5.74) is -5.66. The van der Waals surface area contributed by atoms with E-state index in [1.54, 1.807) is 12.1 Å². The van der Waals surface area contributed by atoms with Crippen LogP contribution in [0.4, 0.5) is 36.4 Å². The minimum Gasteiger partial charge on any atom is -0.383 e. The molecule has 1 amide bonds. The molecule has 0 spiro atoms. The predicted molar refractivity (Wildman–Crippen MR) is 118 cm³/mol. The second-order valence-electron chi connectivity index (χ2n) is 8.35. The number of rotatable bonds is 6. The Morgan fingerprint density at radius 1 is 1.00 bits per heavy atom. The van der Waals surface area contributed by atoms with Gasteiger partial charge in [0, 0.05) is 31.3 Å². The summed E-state index contributed by atoms with van der Waals surface area (Å²) in [7, 11) is -3.46. The summed E-state index contributed by atoms with van der Waals surface area (Å²) in [4.78, 5) is 13.9. The third-order valence-electron chi connectivity index (χ3n) is 6.18. The number of fused-ring (bicyclic) bond motifs is 1. The van der Waals surface area contributed by atoms with E-state index in [-0.39, 0.29) is 35.3 Å². The van der Waals surface area contributed by atoms with Gasteiger partial charge in [0.2, 0.25) is 5.91 Å². The first-order valence-corrected chi connectivity index (χ1v) is 12.5. The van der Waals surface area contributed by atoms with Gasteiger partial charge in [-0.25, -0.2) is 12.8 Å². The first-order chi connectivity index (χ1) is 16.5. The highest BCUT2D eigenvalue weighted by molar-refractivity contribution is 7.91. The highest BCUT2D eigenvalue weighted by Gasteiger charge is 2.73. The molecule has 36 heavy (non-hydrogen) atoms. The van der Waals surface area contributed by atoms with Crippen molar-refractivity contribution in [3.8, 4) is 0 Å². The maximum absolute atomic E-state index is 14.2. The van der Waals surface area contributed by atoms with Crippen LogP contribution >= 0.6 is 0 Å². The van der Waals surface area contributed by atoms with Gasteiger partial charge in [0.25, 0.3) is 0 Å². The third kappa shape index (κ3) is 5.02. The fourth-order valence-electron chi connectivity index (χ4n) is 4.17. The third-order valence-corrected chi connectivity index (χ3v) is 7.91. The molecule has 2 aromatic carbocycles. The van der Waals surface area contributed by atoms with Crippen molar-refractivity contribution in [3.63, 3.8) is 0 Å². The van der Waals surface area contributed by atoms with Gasteiger partial charge in [-0.15, -0.1) is 0 Å². The average molecular weight is 541 g/mol. The van der Waals surface area contributed by atoms with Crippen LogP contribution in [0.3, 0.4) is 0 Å². The van der Waals surface area contributed by atoms with Crippen molar-refractivity contribution in [2.24, 2.45) is 0 Å². The van der Waals surface area contributed by atoms with Crippen LogP contribution in [-0.2, 0) is 26.7 Å². The van der Waals surface area contributed by atoms with Gasteiger partial charge in [-0.2, -0.15) is 26.3 Å². The van der Waals surface area contributed by atoms with E-state index < -0.39 is 39.5 Å². The molecule has 0 aliphatic carbocycles. The molecule has 3 rings (SSSR count). The van der Waals surface area contributed by atoms with Crippen LogP contribution in [0.1, 0.15) is 36.6 Å². The van der Waals surface area contributed by atoms with E-state index in [1.807, 2.05) is 0 Å². The number of alkyl halides is 7. The largest absolute Gasteiger partial charge is 0.435 e. The maximum Gasteiger partial charge on any atom is 0.435 e. The van der Waals surface area contributed by atoms with Gasteiger partial charge in [-0.3, -0.25) is 4.79 Å². The zero-order valence-corrected chi connectivity index (χ0v) is 20.0. The first-order valence-electron chi connectivity index (χ1n) is 10.8. The first kappa shape index (κ1) is 27.8. The Morgan fingerprint density at radius 2 is 1.58 bits per heavy atom. The Hall–Kier alpha value is -2.83. The zero-order valence-electron chi connectivity index (χ0n) is 19.2. The van der Waals surface area contributed by atoms with Crippen molar-refractivity contribution in [1.29, 1.82) is 0 Å². The SMILES string of the molecule is CCS(=O)(=O)c1ccc2c(c1)CCN(C(C)=O)C2CNc1ccc(C(F)(C(F)(F)F)C(F)(F)F)cc1. The van der Waals surface area contributed by atoms with Gasteiger partial charge in [-0.05, 0) is 41.8 Å². The number of carbonyl (C=O) groups is 1. The molecule has 0 saturated carbocycles. The van der Waals surface area contributed by atoms with Gasteiger partial charge in [0.15, 0.2) is 9.84 Å². The van der Waals surface area contributed by atoms with E-state index in [2.05, 4.69) is 5.32 Å². The molecule has 1 unspecified atom stereocenters. The average Bonchev–Trinajstić information content (AvgIpc) is 2.80. The van der Waals surface area contributed by atoms with Crippen molar-refractivity contribution in [1.82, 2.24) is 4.90 Å². The lowest BCUT2D eigenvalue weighted by molar-refractivity contribution is -0.348. The number of nitrogens with zero attached hydrogens (tertiary/aromatic N) is 1. The lowest BCUT2D eigenvalue weighted by Gasteiger charge is -2.37. The molecular formula is C23H23F7N2O3S. The fraction of sp³-hybridized carbons (Fsp3) is 0.435. The summed E-state index contributed by atoms with van der Waals surface area (Å²) in [6, 6.07) is 6.56. The molecule has 1 heterocycles. The van der Waals surface area contributed by atoms with Crippen molar-refractivity contribution >= 4 is 21.4 Å². The Balaban J connectivity index is 1.88. The van der Waals surface area contributed by atoms with Crippen molar-refractivity contribution in [2.45, 2.75) is 49.2 Å². The molecule has 0 bridgehead atoms. The van der Waals surface area contributed by atoms with Crippen LogP contribution in [-0.4, -0.2) is 50.4 Å². The monoisotopic (exact) mass is 540 g/mol. The van der Waals surface area contributed by atoms with E-state index in [0.717, 1.165) is 12.1 Å². The lowest BCUT2D eigenvalue weighted by Crippen LogP contribution is -2.50. The number of amides is 1. The van der Waals surface area contributed by atoms with Crippen LogP contribution in [0.15, 0.2) is 47.4 Å². The molecule has 13 heteroatoms. The number of hydrogen-bond donors (Lipinski definition) is 1. The molecule has 0 aromatic heterocycles. The molecule has 1 N–H and O–H groups in total. The summed E-state index contributed by atoms with van der Waals surface area (Å²) < 4.78 is 117. The lowest BCUT2D eigenvalue weighted by atomic mass is 9.92. The van der Waals surface area contributed by atoms with Gasteiger partial charge < -0.3 is 10.2 Å². The Kier molecular flexibility index (Phi) is 7.37. The topological polar surface area (TPSA) is 66.5 Å². The van der Waals surface area contributed by atoms with E-state index in [4.69, 9.17) is 0 Å². The van der Waals surface area contributed by atoms with Gasteiger partial charge in [0.05, 0.1) is 16.7 Å². The van der Waals surface area contributed by atoms with Crippen LogP contribution in [0.2, 0.25) is 0 Å². The van der Waals surface area contributed by atoms with E-state index in [1.165, 1.54) is 24.8 Å². The molecule has 1 atom stereocenters. The number of halogens is 7. The Labute approximate surface area is 203 Å². The summed E-state index contributed by atoms with van der Waals surface area (Å²) in [5, 5.41) is 2.86. The number of hydrogen-bond acceptors (Lipinski definition) is 4. The van der Waals surface area contributed by atoms with E-state index in [0.29, 0.717) is 29.7 Å². The summed E-state index contributed by atoms with van der Waals surface area (Å²) >= 11 is 0. The summed E-state index contributed by atoms with van der Waals surface area (Å²) in [5.74, 6) is -0.361. The maximum atomic E-state index is 14.2. The minimum absolute atomic E-state index is 0.0190. The van der Waals surface area contributed by atoms with Crippen molar-refractivity contribution < 1.29 is 43.9 Å². The smallest absolute Gasteiger partial charge is 0.383 e. The van der Waals surface area contributed by atoms with Crippen LogP contribution in [0.25, 0.3) is 0 Å². The molecule has 0 radical (unpaired) electrons. The standard InChI is InChI=1S/C23H23F7N2O3S/c1-3-36(34,35)18-8-9-19-15(12-18)10-11-32(14(2)33)20(19)13-31-17-6-4-16(5-7-17)21(24,22(25,26)27)23(28,29)30/h4-9,12,20,31H,3,10-11,13H2,1-2H3. The second-order valence-corrected chi connectivity index (χ2v) is 10.6. The van der Waals surface area contributed by atoms with Crippen LogP contribution in [0, 0.1) is 0 Å². The molecule has 2 aromatic rings. The molecule has 0 fully saturated rings. The fourth-order valence-corrected chi connectivity index (χ4v) is 5.10. The summed E-state index contributed by atoms with van der Waals surface area (Å²) in [6.07, 6.45) is -12.0. The summed E-state index contributed by atoms with van der Waals surface area (Å²) in [6.45, 7) is 3.16. The van der Waals surface area contributed by atoms with E-state index >= 15 is 0 Å². The number of nitrogens with one attached hydrogen (secondary N) is 1. The number of sulfone groups is 1. The van der Waals surface area contributed by atoms with Crippen molar-refractivity contribution in [3.05, 3.63) is 59.2 Å². The Morgan fingerprint density at radius 3 is 2.08 bits per heavy atom.